The summed E-state index contributed by atoms with van der Waals surface area (Å²) in [6.45, 7) is 1.46. The largest absolute Gasteiger partial charge is 0.316 e. The first-order chi connectivity index (χ1) is 6.16. The predicted octanol–water partition coefficient (Wildman–Crippen LogP) is -0.228. The summed E-state index contributed by atoms with van der Waals surface area (Å²) in [5, 5.41) is 2.90. The van der Waals surface area contributed by atoms with Crippen molar-refractivity contribution >= 4 is 10.0 Å². The predicted molar refractivity (Wildman–Crippen MR) is 51.0 cm³/mol. The highest BCUT2D eigenvalue weighted by atomic mass is 32.2. The highest BCUT2D eigenvalue weighted by molar-refractivity contribution is 7.89. The van der Waals surface area contributed by atoms with Gasteiger partial charge in [-0.2, -0.15) is 0 Å². The number of nitrogens with one attached hydrogen (secondary N) is 1. The monoisotopic (exact) mass is 204 g/mol. The molecule has 0 unspecified atom stereocenters. The molecule has 0 aromatic rings. The van der Waals surface area contributed by atoms with Crippen LogP contribution in [0.3, 0.4) is 0 Å². The molecule has 0 aromatic heterocycles. The molecule has 2 fully saturated rings. The normalized spacial score (nSPS) is 35.2. The average molecular weight is 204 g/mol. The van der Waals surface area contributed by atoms with Gasteiger partial charge in [-0.3, -0.25) is 0 Å². The van der Waals surface area contributed by atoms with Crippen molar-refractivity contribution in [2.45, 2.75) is 30.6 Å². The van der Waals surface area contributed by atoms with Crippen LogP contribution < -0.4 is 5.32 Å². The maximum absolute atomic E-state index is 11.9. The number of hydrogen-bond donors (Lipinski definition) is 1. The second-order valence-electron chi connectivity index (χ2n) is 3.81. The fourth-order valence-corrected chi connectivity index (χ4v) is 4.16. The third-order valence-electron chi connectivity index (χ3n) is 3.14. The van der Waals surface area contributed by atoms with Gasteiger partial charge >= 0.3 is 0 Å². The van der Waals surface area contributed by atoms with Crippen LogP contribution in [0.4, 0.5) is 0 Å². The van der Waals surface area contributed by atoms with Crippen LogP contribution in [-0.2, 0) is 10.0 Å². The average Bonchev–Trinajstić information content (AvgIpc) is 1.77. The summed E-state index contributed by atoms with van der Waals surface area (Å²) in [6, 6.07) is 0.186. The molecule has 1 aliphatic carbocycles. The van der Waals surface area contributed by atoms with Crippen molar-refractivity contribution in [3.63, 3.8) is 0 Å². The highest BCUT2D eigenvalue weighted by Gasteiger charge is 2.44. The van der Waals surface area contributed by atoms with E-state index < -0.39 is 10.0 Å². The Balaban J connectivity index is 2.06. The van der Waals surface area contributed by atoms with Gasteiger partial charge in [0.25, 0.3) is 0 Å². The van der Waals surface area contributed by atoms with Crippen molar-refractivity contribution in [2.75, 3.05) is 20.1 Å². The fraction of sp³-hybridized carbons (Fsp3) is 1.00. The first kappa shape index (κ1) is 9.43. The summed E-state index contributed by atoms with van der Waals surface area (Å²) in [7, 11) is -1.12. The number of sulfonamides is 1. The van der Waals surface area contributed by atoms with Gasteiger partial charge in [-0.05, 0) is 26.3 Å². The Morgan fingerprint density at radius 2 is 2.00 bits per heavy atom. The molecule has 1 N–H and O–H groups in total. The molecule has 1 saturated heterocycles. The molecule has 2 rings (SSSR count). The maximum Gasteiger partial charge on any atom is 0.218 e. The third-order valence-corrected chi connectivity index (χ3v) is 5.55. The summed E-state index contributed by atoms with van der Waals surface area (Å²) in [4.78, 5) is 0. The van der Waals surface area contributed by atoms with E-state index in [1.54, 1.807) is 4.31 Å². The molecule has 0 spiro atoms. The lowest BCUT2D eigenvalue weighted by molar-refractivity contribution is 0.279. The Hall–Kier alpha value is -0.130. The molecule has 0 amide bonds. The van der Waals surface area contributed by atoms with E-state index in [-0.39, 0.29) is 11.3 Å². The van der Waals surface area contributed by atoms with Crippen LogP contribution in [0, 0.1) is 0 Å². The molecule has 76 valence electrons. The van der Waals surface area contributed by atoms with Crippen molar-refractivity contribution in [1.29, 1.82) is 0 Å². The molecular formula is C8H16N2O2S. The number of nitrogens with zero attached hydrogens (tertiary/aromatic N) is 1. The van der Waals surface area contributed by atoms with E-state index in [4.69, 9.17) is 0 Å². The van der Waals surface area contributed by atoms with Crippen molar-refractivity contribution in [2.24, 2.45) is 0 Å². The van der Waals surface area contributed by atoms with Gasteiger partial charge in [0.15, 0.2) is 0 Å². The Morgan fingerprint density at radius 3 is 2.31 bits per heavy atom. The molecule has 1 saturated carbocycles. The molecule has 13 heavy (non-hydrogen) atoms. The summed E-state index contributed by atoms with van der Waals surface area (Å²) < 4.78 is 25.3. The van der Waals surface area contributed by atoms with Crippen LogP contribution in [0.2, 0.25) is 0 Å². The summed E-state index contributed by atoms with van der Waals surface area (Å²) in [5.41, 5.74) is 0. The number of hydrogen-bond acceptors (Lipinski definition) is 3. The fourth-order valence-electron chi connectivity index (χ4n) is 1.89. The quantitative estimate of drug-likeness (QED) is 0.691. The van der Waals surface area contributed by atoms with E-state index in [1.165, 1.54) is 0 Å². The molecule has 0 bridgehead atoms. The van der Waals surface area contributed by atoms with Crippen LogP contribution >= 0.6 is 0 Å². The molecule has 0 aromatic carbocycles. The molecule has 2 atom stereocenters. The van der Waals surface area contributed by atoms with Crippen molar-refractivity contribution in [1.82, 2.24) is 9.62 Å². The lowest BCUT2D eigenvalue weighted by Gasteiger charge is -2.41. The van der Waals surface area contributed by atoms with Crippen LogP contribution in [-0.4, -0.2) is 44.2 Å². The van der Waals surface area contributed by atoms with E-state index in [0.29, 0.717) is 0 Å². The van der Waals surface area contributed by atoms with Gasteiger partial charge in [-0.1, -0.05) is 0 Å². The van der Waals surface area contributed by atoms with E-state index in [2.05, 4.69) is 5.32 Å². The zero-order chi connectivity index (χ0) is 9.47. The molecule has 4 nitrogen and oxygen atoms in total. The van der Waals surface area contributed by atoms with Crippen LogP contribution in [0.1, 0.15) is 19.3 Å². The van der Waals surface area contributed by atoms with Crippen molar-refractivity contribution < 1.29 is 8.42 Å². The van der Waals surface area contributed by atoms with Gasteiger partial charge in [0.1, 0.15) is 0 Å². The molecule has 2 aliphatic rings. The van der Waals surface area contributed by atoms with Crippen molar-refractivity contribution in [3.8, 4) is 0 Å². The van der Waals surface area contributed by atoms with Gasteiger partial charge < -0.3 is 5.32 Å². The summed E-state index contributed by atoms with van der Waals surface area (Å²) in [5.74, 6) is 0. The van der Waals surface area contributed by atoms with E-state index in [9.17, 15) is 8.42 Å². The second-order valence-corrected chi connectivity index (χ2v) is 5.96. The van der Waals surface area contributed by atoms with Gasteiger partial charge in [-0.15, -0.1) is 0 Å². The molecule has 1 aliphatic heterocycles. The lowest BCUT2D eigenvalue weighted by atomic mass is 9.93. The van der Waals surface area contributed by atoms with Crippen molar-refractivity contribution in [3.05, 3.63) is 0 Å². The van der Waals surface area contributed by atoms with Crippen LogP contribution in [0.25, 0.3) is 0 Å². The third kappa shape index (κ3) is 1.39. The highest BCUT2D eigenvalue weighted by Crippen LogP contribution is 2.31. The SMILES string of the molecule is CN[C@H]1CC[C@@H]1S(=O)(=O)N1CCC1. The lowest BCUT2D eigenvalue weighted by Crippen LogP contribution is -2.57. The topological polar surface area (TPSA) is 49.4 Å². The van der Waals surface area contributed by atoms with Gasteiger partial charge in [0, 0.05) is 19.1 Å². The molecule has 0 radical (unpaired) electrons. The molecule has 1 heterocycles. The Labute approximate surface area is 79.4 Å². The standard InChI is InChI=1S/C8H16N2O2S/c1-9-7-3-4-8(7)13(11,12)10-5-2-6-10/h7-9H,2-6H2,1H3/t7-,8-/m0/s1. The smallest absolute Gasteiger partial charge is 0.218 e. The van der Waals surface area contributed by atoms with Gasteiger partial charge in [0.05, 0.1) is 5.25 Å². The maximum atomic E-state index is 11.9. The van der Waals surface area contributed by atoms with E-state index >= 15 is 0 Å². The minimum absolute atomic E-state index is 0.155. The molecular weight excluding hydrogens is 188 g/mol. The van der Waals surface area contributed by atoms with Crippen LogP contribution in [0.15, 0.2) is 0 Å². The molecule has 5 heteroatoms. The Kier molecular flexibility index (Phi) is 2.33. The van der Waals surface area contributed by atoms with E-state index in [1.807, 2.05) is 7.05 Å². The first-order valence-corrected chi connectivity index (χ1v) is 6.33. The number of rotatable bonds is 3. The van der Waals surface area contributed by atoms with Gasteiger partial charge in [0.2, 0.25) is 10.0 Å². The van der Waals surface area contributed by atoms with E-state index in [0.717, 1.165) is 32.4 Å². The minimum Gasteiger partial charge on any atom is -0.316 e. The summed E-state index contributed by atoms with van der Waals surface area (Å²) >= 11 is 0. The zero-order valence-corrected chi connectivity index (χ0v) is 8.68. The Morgan fingerprint density at radius 1 is 1.31 bits per heavy atom. The zero-order valence-electron chi connectivity index (χ0n) is 7.86. The Bertz CT molecular complexity index is 283. The van der Waals surface area contributed by atoms with Gasteiger partial charge in [-0.25, -0.2) is 12.7 Å². The first-order valence-electron chi connectivity index (χ1n) is 4.82. The summed E-state index contributed by atoms with van der Waals surface area (Å²) in [6.07, 6.45) is 2.84. The minimum atomic E-state index is -2.96. The second kappa shape index (κ2) is 3.22. The van der Waals surface area contributed by atoms with Crippen LogP contribution in [0.5, 0.6) is 0 Å².